The molecule has 0 spiro atoms. The Morgan fingerprint density at radius 3 is 2.53 bits per heavy atom. The fraction of sp³-hybridized carbons (Fsp3) is 0.750. The number of aromatic nitrogens is 3. The minimum Gasteiger partial charge on any atom is -0.352 e. The maximum absolute atomic E-state index is 5.96. The summed E-state index contributed by atoms with van der Waals surface area (Å²) in [6.45, 7) is 7.94. The fourth-order valence-corrected chi connectivity index (χ4v) is 2.38. The van der Waals surface area contributed by atoms with E-state index < -0.39 is 0 Å². The van der Waals surface area contributed by atoms with Crippen LogP contribution in [0.3, 0.4) is 0 Å². The van der Waals surface area contributed by atoms with Crippen LogP contribution in [-0.4, -0.2) is 46.1 Å². The van der Waals surface area contributed by atoms with E-state index in [4.69, 9.17) is 11.6 Å². The minimum absolute atomic E-state index is 0.233. The summed E-state index contributed by atoms with van der Waals surface area (Å²) in [5.41, 5.74) is 0. The van der Waals surface area contributed by atoms with E-state index in [0.717, 1.165) is 25.3 Å². The van der Waals surface area contributed by atoms with Gasteiger partial charge in [-0.1, -0.05) is 0 Å². The second-order valence-electron chi connectivity index (χ2n) is 4.23. The molecule has 1 heterocycles. The summed E-state index contributed by atoms with van der Waals surface area (Å²) in [6.07, 6.45) is 3.16. The van der Waals surface area contributed by atoms with Crippen LogP contribution in [0.4, 0.5) is 11.9 Å². The monoisotopic (exact) mass is 303 g/mol. The first-order valence-corrected chi connectivity index (χ1v) is 8.29. The number of nitrogens with one attached hydrogen (secondary N) is 1. The van der Waals surface area contributed by atoms with Gasteiger partial charge in [0, 0.05) is 19.1 Å². The lowest BCUT2D eigenvalue weighted by Crippen LogP contribution is -2.26. The second kappa shape index (κ2) is 8.43. The highest BCUT2D eigenvalue weighted by Crippen LogP contribution is 2.15. The maximum Gasteiger partial charge on any atom is 0.231 e. The van der Waals surface area contributed by atoms with Crippen molar-refractivity contribution < 1.29 is 0 Å². The molecule has 0 aromatic carbocycles. The van der Waals surface area contributed by atoms with Crippen LogP contribution in [0, 0.1) is 0 Å². The van der Waals surface area contributed by atoms with Crippen LogP contribution in [0.15, 0.2) is 0 Å². The number of anilines is 2. The van der Waals surface area contributed by atoms with E-state index in [9.17, 15) is 0 Å². The quantitative estimate of drug-likeness (QED) is 0.797. The normalized spacial score (nSPS) is 12.3. The van der Waals surface area contributed by atoms with E-state index in [1.54, 1.807) is 0 Å². The van der Waals surface area contributed by atoms with Gasteiger partial charge in [-0.05, 0) is 50.8 Å². The Balaban J connectivity index is 2.78. The molecule has 19 heavy (non-hydrogen) atoms. The molecule has 1 N–H and O–H groups in total. The van der Waals surface area contributed by atoms with Crippen LogP contribution in [0.25, 0.3) is 0 Å². The number of hydrogen-bond donors (Lipinski definition) is 1. The van der Waals surface area contributed by atoms with Crippen LogP contribution < -0.4 is 10.2 Å². The van der Waals surface area contributed by atoms with E-state index in [0.29, 0.717) is 17.9 Å². The van der Waals surface area contributed by atoms with Gasteiger partial charge in [0.1, 0.15) is 0 Å². The predicted octanol–water partition coefficient (Wildman–Crippen LogP) is 2.92. The summed E-state index contributed by atoms with van der Waals surface area (Å²) in [5.74, 6) is 2.29. The lowest BCUT2D eigenvalue weighted by molar-refractivity contribution is 0.751. The molecule has 0 saturated heterocycles. The summed E-state index contributed by atoms with van der Waals surface area (Å²) < 4.78 is 0. The molecule has 108 valence electrons. The SMILES string of the molecule is CCN(CC)c1nc(Cl)nc(NC(C)CCSC)n1. The van der Waals surface area contributed by atoms with Crippen LogP contribution in [0.5, 0.6) is 0 Å². The molecule has 0 aliphatic heterocycles. The van der Waals surface area contributed by atoms with Gasteiger partial charge in [0.05, 0.1) is 0 Å². The van der Waals surface area contributed by atoms with Crippen LogP contribution in [0.2, 0.25) is 5.28 Å². The Morgan fingerprint density at radius 2 is 1.95 bits per heavy atom. The number of hydrogen-bond acceptors (Lipinski definition) is 6. The summed E-state index contributed by atoms with van der Waals surface area (Å²) in [4.78, 5) is 14.8. The molecule has 1 aromatic rings. The smallest absolute Gasteiger partial charge is 0.231 e. The van der Waals surface area contributed by atoms with E-state index in [1.807, 2.05) is 16.7 Å². The summed E-state index contributed by atoms with van der Waals surface area (Å²) in [7, 11) is 0. The molecular weight excluding hydrogens is 282 g/mol. The van der Waals surface area contributed by atoms with Crippen molar-refractivity contribution in [3.05, 3.63) is 5.28 Å². The molecule has 0 bridgehead atoms. The third kappa shape index (κ3) is 5.40. The molecule has 0 fully saturated rings. The molecule has 5 nitrogen and oxygen atoms in total. The average molecular weight is 304 g/mol. The molecule has 0 aliphatic rings. The standard InChI is InChI=1S/C12H22ClN5S/c1-5-18(6-2)12-16-10(13)15-11(17-12)14-9(3)7-8-19-4/h9H,5-8H2,1-4H3,(H,14,15,16,17). The van der Waals surface area contributed by atoms with Crippen molar-refractivity contribution in [2.45, 2.75) is 33.2 Å². The molecule has 1 atom stereocenters. The van der Waals surface area contributed by atoms with Crippen LogP contribution in [-0.2, 0) is 0 Å². The van der Waals surface area contributed by atoms with Crippen molar-refractivity contribution in [1.29, 1.82) is 0 Å². The average Bonchev–Trinajstić information content (AvgIpc) is 2.37. The molecule has 1 unspecified atom stereocenters. The first-order valence-electron chi connectivity index (χ1n) is 6.52. The largest absolute Gasteiger partial charge is 0.352 e. The van der Waals surface area contributed by atoms with Gasteiger partial charge in [-0.2, -0.15) is 26.7 Å². The predicted molar refractivity (Wildman–Crippen MR) is 84.5 cm³/mol. The molecular formula is C12H22ClN5S. The van der Waals surface area contributed by atoms with Crippen molar-refractivity contribution in [2.75, 3.05) is 35.3 Å². The Kier molecular flexibility index (Phi) is 7.23. The zero-order valence-corrected chi connectivity index (χ0v) is 13.6. The van der Waals surface area contributed by atoms with Crippen molar-refractivity contribution in [3.8, 4) is 0 Å². The highest BCUT2D eigenvalue weighted by atomic mass is 35.5. The zero-order chi connectivity index (χ0) is 14.3. The van der Waals surface area contributed by atoms with Gasteiger partial charge in [-0.15, -0.1) is 0 Å². The Bertz CT molecular complexity index is 386. The fourth-order valence-electron chi connectivity index (χ4n) is 1.64. The molecule has 1 rings (SSSR count). The highest BCUT2D eigenvalue weighted by Gasteiger charge is 2.11. The van der Waals surface area contributed by atoms with E-state index >= 15 is 0 Å². The highest BCUT2D eigenvalue weighted by molar-refractivity contribution is 7.98. The molecule has 1 aromatic heterocycles. The topological polar surface area (TPSA) is 53.9 Å². The van der Waals surface area contributed by atoms with Crippen molar-refractivity contribution >= 4 is 35.3 Å². The molecule has 0 amide bonds. The number of rotatable bonds is 8. The lowest BCUT2D eigenvalue weighted by atomic mass is 10.3. The van der Waals surface area contributed by atoms with Gasteiger partial charge in [-0.25, -0.2) is 0 Å². The van der Waals surface area contributed by atoms with Gasteiger partial charge in [0.25, 0.3) is 0 Å². The Hall–Kier alpha value is -0.750. The first kappa shape index (κ1) is 16.3. The van der Waals surface area contributed by atoms with Gasteiger partial charge in [0.15, 0.2) is 0 Å². The lowest BCUT2D eigenvalue weighted by Gasteiger charge is -2.20. The maximum atomic E-state index is 5.96. The van der Waals surface area contributed by atoms with Gasteiger partial charge < -0.3 is 10.2 Å². The minimum atomic E-state index is 0.233. The Labute approximate surface area is 124 Å². The van der Waals surface area contributed by atoms with Crippen LogP contribution >= 0.6 is 23.4 Å². The number of halogens is 1. The second-order valence-corrected chi connectivity index (χ2v) is 5.55. The van der Waals surface area contributed by atoms with Crippen LogP contribution in [0.1, 0.15) is 27.2 Å². The third-order valence-electron chi connectivity index (χ3n) is 2.77. The van der Waals surface area contributed by atoms with E-state index in [2.05, 4.69) is 47.3 Å². The molecule has 0 aliphatic carbocycles. The molecule has 0 saturated carbocycles. The zero-order valence-electron chi connectivity index (χ0n) is 12.0. The summed E-state index contributed by atoms with van der Waals surface area (Å²) >= 11 is 7.79. The van der Waals surface area contributed by atoms with Crippen molar-refractivity contribution in [2.24, 2.45) is 0 Å². The van der Waals surface area contributed by atoms with Crippen molar-refractivity contribution in [3.63, 3.8) is 0 Å². The third-order valence-corrected chi connectivity index (χ3v) is 3.59. The summed E-state index contributed by atoms with van der Waals surface area (Å²) in [5, 5.41) is 3.51. The number of thioether (sulfide) groups is 1. The molecule has 7 heteroatoms. The first-order chi connectivity index (χ1) is 9.10. The summed E-state index contributed by atoms with van der Waals surface area (Å²) in [6, 6.07) is 0.315. The van der Waals surface area contributed by atoms with E-state index in [-0.39, 0.29) is 5.28 Å². The van der Waals surface area contributed by atoms with Crippen molar-refractivity contribution in [1.82, 2.24) is 15.0 Å². The molecule has 0 radical (unpaired) electrons. The van der Waals surface area contributed by atoms with Gasteiger partial charge >= 0.3 is 0 Å². The Morgan fingerprint density at radius 1 is 1.26 bits per heavy atom. The van der Waals surface area contributed by atoms with Gasteiger partial charge in [-0.3, -0.25) is 0 Å². The van der Waals surface area contributed by atoms with E-state index in [1.165, 1.54) is 0 Å². The number of nitrogens with zero attached hydrogens (tertiary/aromatic N) is 4. The van der Waals surface area contributed by atoms with Gasteiger partial charge in [0.2, 0.25) is 17.2 Å².